The van der Waals surface area contributed by atoms with Gasteiger partial charge >= 0.3 is 0 Å². The van der Waals surface area contributed by atoms with Crippen LogP contribution in [-0.4, -0.2) is 45.6 Å². The molecule has 1 fully saturated rings. The van der Waals surface area contributed by atoms with Crippen LogP contribution in [0, 0.1) is 0 Å². The van der Waals surface area contributed by atoms with E-state index in [-0.39, 0.29) is 17.2 Å². The van der Waals surface area contributed by atoms with Crippen molar-refractivity contribution in [3.8, 4) is 5.75 Å². The average molecular weight is 484 g/mol. The lowest BCUT2D eigenvalue weighted by Crippen LogP contribution is -2.51. The molecule has 4 aliphatic heterocycles. The van der Waals surface area contributed by atoms with E-state index in [4.69, 9.17) is 25.4 Å². The van der Waals surface area contributed by atoms with Crippen molar-refractivity contribution in [2.45, 2.75) is 43.9 Å². The molecule has 0 bridgehead atoms. The SMILES string of the molecule is Cn1ccc2c(c1=O)CCCN2C1=NCc2nc(N3CCC4(CC3)Oc3ccccc3[C@H]4N)cnc21. The Morgan fingerprint density at radius 1 is 1.14 bits per heavy atom. The average Bonchev–Trinajstić information content (AvgIpc) is 3.45. The Labute approximate surface area is 209 Å². The Hall–Kier alpha value is -3.72. The third-order valence-electron chi connectivity index (χ3n) is 8.19. The smallest absolute Gasteiger partial charge is 0.255 e. The maximum atomic E-state index is 12.7. The zero-order valence-electron chi connectivity index (χ0n) is 20.4. The number of aliphatic imine (C=N–C) groups is 1. The molecule has 6 heterocycles. The number of anilines is 2. The predicted molar refractivity (Wildman–Crippen MR) is 138 cm³/mol. The number of rotatable bonds is 1. The van der Waals surface area contributed by atoms with Crippen LogP contribution < -0.4 is 25.8 Å². The molecule has 0 aliphatic carbocycles. The van der Waals surface area contributed by atoms with E-state index in [1.54, 1.807) is 11.6 Å². The summed E-state index contributed by atoms with van der Waals surface area (Å²) in [6.45, 7) is 2.94. The molecule has 184 valence electrons. The monoisotopic (exact) mass is 483 g/mol. The third kappa shape index (κ3) is 3.12. The molecule has 9 nitrogen and oxygen atoms in total. The number of amidine groups is 1. The highest BCUT2D eigenvalue weighted by atomic mass is 16.5. The van der Waals surface area contributed by atoms with Gasteiger partial charge in [-0.25, -0.2) is 9.97 Å². The van der Waals surface area contributed by atoms with Gasteiger partial charge < -0.3 is 24.8 Å². The molecule has 2 aromatic heterocycles. The largest absolute Gasteiger partial charge is 0.485 e. The number of piperidine rings is 1. The number of aryl methyl sites for hydroxylation is 1. The Morgan fingerprint density at radius 3 is 2.81 bits per heavy atom. The number of benzene rings is 1. The van der Waals surface area contributed by atoms with Gasteiger partial charge in [0.05, 0.1) is 30.2 Å². The van der Waals surface area contributed by atoms with Crippen molar-refractivity contribution in [1.82, 2.24) is 14.5 Å². The fourth-order valence-electron chi connectivity index (χ4n) is 6.14. The maximum Gasteiger partial charge on any atom is 0.255 e. The number of hydrogen-bond donors (Lipinski definition) is 1. The lowest BCUT2D eigenvalue weighted by Gasteiger charge is -2.41. The maximum absolute atomic E-state index is 12.7. The van der Waals surface area contributed by atoms with E-state index in [0.717, 1.165) is 90.9 Å². The van der Waals surface area contributed by atoms with E-state index in [1.165, 1.54) is 0 Å². The molecule has 1 aromatic carbocycles. The number of nitrogens with zero attached hydrogens (tertiary/aromatic N) is 6. The molecule has 4 aliphatic rings. The lowest BCUT2D eigenvalue weighted by molar-refractivity contribution is 0.0431. The van der Waals surface area contributed by atoms with Crippen molar-refractivity contribution in [1.29, 1.82) is 0 Å². The van der Waals surface area contributed by atoms with Crippen molar-refractivity contribution in [3.63, 3.8) is 0 Å². The molecule has 36 heavy (non-hydrogen) atoms. The molecular formula is C27H29N7O2. The number of hydrogen-bond acceptors (Lipinski definition) is 8. The van der Waals surface area contributed by atoms with Crippen LogP contribution in [0.3, 0.4) is 0 Å². The van der Waals surface area contributed by atoms with Crippen LogP contribution in [0.1, 0.15) is 47.8 Å². The first-order valence-electron chi connectivity index (χ1n) is 12.7. The van der Waals surface area contributed by atoms with E-state index >= 15 is 0 Å². The molecule has 1 saturated heterocycles. The first kappa shape index (κ1) is 21.6. The van der Waals surface area contributed by atoms with Gasteiger partial charge in [0.1, 0.15) is 22.9 Å². The summed E-state index contributed by atoms with van der Waals surface area (Å²) < 4.78 is 8.04. The summed E-state index contributed by atoms with van der Waals surface area (Å²) >= 11 is 0. The topological polar surface area (TPSA) is 102 Å². The molecule has 0 radical (unpaired) electrons. The van der Waals surface area contributed by atoms with Gasteiger partial charge in [-0.05, 0) is 25.0 Å². The summed E-state index contributed by atoms with van der Waals surface area (Å²) in [5.41, 5.74) is 11.0. The third-order valence-corrected chi connectivity index (χ3v) is 8.19. The van der Waals surface area contributed by atoms with Crippen molar-refractivity contribution >= 4 is 17.3 Å². The summed E-state index contributed by atoms with van der Waals surface area (Å²) in [7, 11) is 1.80. The van der Waals surface area contributed by atoms with Crippen molar-refractivity contribution in [2.24, 2.45) is 17.8 Å². The predicted octanol–water partition coefficient (Wildman–Crippen LogP) is 2.32. The standard InChI is InChI=1S/C27H29N7O2/c1-32-12-8-20-17(26(32)35)6-4-11-34(20)25-23-19(15-30-25)31-22(16-29-23)33-13-9-27(10-14-33)24(28)18-5-2-3-7-21(18)36-27/h2-3,5,7-8,12,16,24H,4,6,9-11,13-15,28H2,1H3/t24-/m1/s1. The Morgan fingerprint density at radius 2 is 1.97 bits per heavy atom. The Balaban J connectivity index is 1.10. The molecular weight excluding hydrogens is 454 g/mol. The Kier molecular flexibility index (Phi) is 4.73. The molecule has 9 heteroatoms. The molecule has 0 unspecified atom stereocenters. The van der Waals surface area contributed by atoms with Gasteiger partial charge in [0.25, 0.3) is 5.56 Å². The molecule has 3 aromatic rings. The van der Waals surface area contributed by atoms with E-state index in [1.807, 2.05) is 36.7 Å². The molecule has 1 atom stereocenters. The molecule has 0 amide bonds. The fraction of sp³-hybridized carbons (Fsp3) is 0.407. The van der Waals surface area contributed by atoms with Crippen LogP contribution in [0.25, 0.3) is 0 Å². The minimum absolute atomic E-state index is 0.0642. The second kappa shape index (κ2) is 7.89. The number of fused-ring (bicyclic) bond motifs is 3. The second-order valence-corrected chi connectivity index (χ2v) is 10.2. The number of aromatic nitrogens is 3. The van der Waals surface area contributed by atoms with Gasteiger partial charge in [0.15, 0.2) is 5.84 Å². The van der Waals surface area contributed by atoms with Crippen LogP contribution in [0.2, 0.25) is 0 Å². The molecule has 7 rings (SSSR count). The van der Waals surface area contributed by atoms with Gasteiger partial charge in [0, 0.05) is 56.8 Å². The zero-order chi connectivity index (χ0) is 24.4. The highest BCUT2D eigenvalue weighted by molar-refractivity contribution is 6.11. The summed E-state index contributed by atoms with van der Waals surface area (Å²) in [6, 6.07) is 10.0. The molecule has 0 saturated carbocycles. The van der Waals surface area contributed by atoms with E-state index < -0.39 is 0 Å². The lowest BCUT2D eigenvalue weighted by atomic mass is 9.83. The summed E-state index contributed by atoms with van der Waals surface area (Å²) in [5, 5.41) is 0. The summed E-state index contributed by atoms with van der Waals surface area (Å²) in [5.74, 6) is 2.61. The minimum atomic E-state index is -0.348. The first-order valence-corrected chi connectivity index (χ1v) is 12.7. The van der Waals surface area contributed by atoms with E-state index in [2.05, 4.69) is 15.9 Å². The highest BCUT2D eigenvalue weighted by Crippen LogP contribution is 2.47. The van der Waals surface area contributed by atoms with Crippen LogP contribution >= 0.6 is 0 Å². The van der Waals surface area contributed by atoms with Gasteiger partial charge in [0.2, 0.25) is 0 Å². The first-order chi connectivity index (χ1) is 17.5. The van der Waals surface area contributed by atoms with Crippen molar-refractivity contribution in [3.05, 3.63) is 75.6 Å². The van der Waals surface area contributed by atoms with Gasteiger partial charge in [-0.2, -0.15) is 0 Å². The molecule has 1 spiro atoms. The van der Waals surface area contributed by atoms with Gasteiger partial charge in [-0.15, -0.1) is 0 Å². The van der Waals surface area contributed by atoms with Crippen molar-refractivity contribution < 1.29 is 4.74 Å². The van der Waals surface area contributed by atoms with Crippen LogP contribution in [0.15, 0.2) is 52.5 Å². The fourth-order valence-corrected chi connectivity index (χ4v) is 6.14. The Bertz CT molecular complexity index is 1450. The number of ether oxygens (including phenoxy) is 1. The quantitative estimate of drug-likeness (QED) is 0.567. The van der Waals surface area contributed by atoms with Crippen LogP contribution in [-0.2, 0) is 20.0 Å². The number of pyridine rings is 1. The zero-order valence-corrected chi connectivity index (χ0v) is 20.4. The van der Waals surface area contributed by atoms with Crippen LogP contribution in [0.4, 0.5) is 11.5 Å². The minimum Gasteiger partial charge on any atom is -0.485 e. The second-order valence-electron chi connectivity index (χ2n) is 10.2. The van der Waals surface area contributed by atoms with E-state index in [0.29, 0.717) is 6.54 Å². The van der Waals surface area contributed by atoms with Crippen molar-refractivity contribution in [2.75, 3.05) is 29.4 Å². The summed E-state index contributed by atoms with van der Waals surface area (Å²) in [4.78, 5) is 31.7. The van der Waals surface area contributed by atoms with E-state index in [9.17, 15) is 4.79 Å². The van der Waals surface area contributed by atoms with Gasteiger partial charge in [-0.1, -0.05) is 18.2 Å². The van der Waals surface area contributed by atoms with Gasteiger partial charge in [-0.3, -0.25) is 9.79 Å². The number of para-hydroxylation sites is 1. The number of nitrogens with two attached hydrogens (primary N) is 1. The molecule has 2 N–H and O–H groups in total. The highest BCUT2D eigenvalue weighted by Gasteiger charge is 2.48. The summed E-state index contributed by atoms with van der Waals surface area (Å²) in [6.07, 6.45) is 7.06. The van der Waals surface area contributed by atoms with Crippen LogP contribution in [0.5, 0.6) is 5.75 Å². The normalized spacial score (nSPS) is 21.6.